The first-order valence-electron chi connectivity index (χ1n) is 10.6. The summed E-state index contributed by atoms with van der Waals surface area (Å²) in [5.74, 6) is 1.68. The molecule has 1 saturated heterocycles. The average Bonchev–Trinajstić information content (AvgIpc) is 2.84. The highest BCUT2D eigenvalue weighted by molar-refractivity contribution is 6.30. The topological polar surface area (TPSA) is 62.2 Å². The van der Waals surface area contributed by atoms with E-state index < -0.39 is 0 Å². The standard InChI is InChI=1S/C25H22ClN5O/c26-20-7-3-5-18(15-20)16-23(32)30-11-13-31(14-12-30)25-21-8-1-2-9-22(21)28-24(29-25)19-6-4-10-27-17-19/h1-10,15,17H,11-14,16H2. The highest BCUT2D eigenvalue weighted by Crippen LogP contribution is 2.28. The molecular formula is C25H22ClN5O. The molecular weight excluding hydrogens is 422 g/mol. The maximum atomic E-state index is 12.8. The second kappa shape index (κ2) is 8.93. The number of carbonyl (C=O) groups is 1. The van der Waals surface area contributed by atoms with Gasteiger partial charge in [-0.15, -0.1) is 0 Å². The lowest BCUT2D eigenvalue weighted by atomic mass is 10.1. The van der Waals surface area contributed by atoms with Crippen molar-refractivity contribution in [3.05, 3.63) is 83.6 Å². The van der Waals surface area contributed by atoms with Gasteiger partial charge in [0.15, 0.2) is 5.82 Å². The van der Waals surface area contributed by atoms with Crippen LogP contribution in [0.5, 0.6) is 0 Å². The molecule has 0 aliphatic carbocycles. The molecule has 0 bridgehead atoms. The maximum absolute atomic E-state index is 12.8. The number of hydrogen-bond donors (Lipinski definition) is 0. The molecule has 0 saturated carbocycles. The van der Waals surface area contributed by atoms with E-state index in [-0.39, 0.29) is 5.91 Å². The lowest BCUT2D eigenvalue weighted by Crippen LogP contribution is -2.49. The number of aromatic nitrogens is 3. The zero-order valence-corrected chi connectivity index (χ0v) is 18.2. The van der Waals surface area contributed by atoms with Gasteiger partial charge in [-0.2, -0.15) is 0 Å². The van der Waals surface area contributed by atoms with Crippen LogP contribution in [0.15, 0.2) is 73.1 Å². The minimum Gasteiger partial charge on any atom is -0.352 e. The van der Waals surface area contributed by atoms with E-state index in [4.69, 9.17) is 21.6 Å². The average molecular weight is 444 g/mol. The third-order valence-electron chi connectivity index (χ3n) is 5.68. The summed E-state index contributed by atoms with van der Waals surface area (Å²) in [5.41, 5.74) is 2.72. The fraction of sp³-hybridized carbons (Fsp3) is 0.200. The molecule has 32 heavy (non-hydrogen) atoms. The Kier molecular flexibility index (Phi) is 5.69. The Morgan fingerprint density at radius 2 is 1.78 bits per heavy atom. The predicted octanol–water partition coefficient (Wildman–Crippen LogP) is 4.24. The summed E-state index contributed by atoms with van der Waals surface area (Å²) < 4.78 is 0. The molecule has 4 aromatic rings. The van der Waals surface area contributed by atoms with E-state index in [2.05, 4.69) is 9.88 Å². The van der Waals surface area contributed by atoms with E-state index in [1.807, 2.05) is 65.6 Å². The molecule has 2 aromatic heterocycles. The van der Waals surface area contributed by atoms with Crippen molar-refractivity contribution >= 4 is 34.2 Å². The SMILES string of the molecule is O=C(Cc1cccc(Cl)c1)N1CCN(c2nc(-c3cccnc3)nc3ccccc23)CC1. The van der Waals surface area contributed by atoms with Crippen LogP contribution in [0.25, 0.3) is 22.3 Å². The maximum Gasteiger partial charge on any atom is 0.227 e. The van der Waals surface area contributed by atoms with Gasteiger partial charge in [0.1, 0.15) is 5.82 Å². The highest BCUT2D eigenvalue weighted by Gasteiger charge is 2.24. The number of nitrogens with zero attached hydrogens (tertiary/aromatic N) is 5. The zero-order valence-electron chi connectivity index (χ0n) is 17.5. The van der Waals surface area contributed by atoms with Crippen LogP contribution in [0, 0.1) is 0 Å². The summed E-state index contributed by atoms with van der Waals surface area (Å²) in [6.07, 6.45) is 3.88. The van der Waals surface area contributed by atoms with Crippen molar-refractivity contribution in [3.8, 4) is 11.4 Å². The predicted molar refractivity (Wildman–Crippen MR) is 127 cm³/mol. The first-order chi connectivity index (χ1) is 15.7. The molecule has 7 heteroatoms. The molecule has 1 aliphatic rings. The van der Waals surface area contributed by atoms with Crippen molar-refractivity contribution in [1.82, 2.24) is 19.9 Å². The fourth-order valence-electron chi connectivity index (χ4n) is 4.03. The van der Waals surface area contributed by atoms with E-state index in [9.17, 15) is 4.79 Å². The molecule has 6 nitrogen and oxygen atoms in total. The smallest absolute Gasteiger partial charge is 0.227 e. The molecule has 2 aromatic carbocycles. The van der Waals surface area contributed by atoms with Gasteiger partial charge in [0, 0.05) is 54.5 Å². The Morgan fingerprint density at radius 1 is 0.938 bits per heavy atom. The molecule has 5 rings (SSSR count). The number of anilines is 1. The van der Waals surface area contributed by atoms with Crippen LogP contribution in [0.1, 0.15) is 5.56 Å². The van der Waals surface area contributed by atoms with Crippen molar-refractivity contribution in [2.24, 2.45) is 0 Å². The van der Waals surface area contributed by atoms with Gasteiger partial charge >= 0.3 is 0 Å². The number of halogens is 1. The summed E-state index contributed by atoms with van der Waals surface area (Å²) >= 11 is 6.06. The number of para-hydroxylation sites is 1. The van der Waals surface area contributed by atoms with Crippen molar-refractivity contribution < 1.29 is 4.79 Å². The third kappa shape index (κ3) is 4.27. The number of rotatable bonds is 4. The van der Waals surface area contributed by atoms with Gasteiger partial charge in [0.25, 0.3) is 0 Å². The van der Waals surface area contributed by atoms with Crippen molar-refractivity contribution in [1.29, 1.82) is 0 Å². The van der Waals surface area contributed by atoms with Crippen molar-refractivity contribution in [3.63, 3.8) is 0 Å². The lowest BCUT2D eigenvalue weighted by molar-refractivity contribution is -0.130. The summed E-state index contributed by atoms with van der Waals surface area (Å²) in [6.45, 7) is 2.74. The molecule has 160 valence electrons. The van der Waals surface area contributed by atoms with Gasteiger partial charge in [-0.3, -0.25) is 9.78 Å². The van der Waals surface area contributed by atoms with Crippen LogP contribution in [0.4, 0.5) is 5.82 Å². The van der Waals surface area contributed by atoms with Gasteiger partial charge in [-0.25, -0.2) is 9.97 Å². The summed E-state index contributed by atoms with van der Waals surface area (Å²) in [6, 6.07) is 19.4. The summed E-state index contributed by atoms with van der Waals surface area (Å²) in [7, 11) is 0. The van der Waals surface area contributed by atoms with Crippen LogP contribution in [-0.2, 0) is 11.2 Å². The summed E-state index contributed by atoms with van der Waals surface area (Å²) in [5, 5.41) is 1.67. The van der Waals surface area contributed by atoms with Gasteiger partial charge < -0.3 is 9.80 Å². The van der Waals surface area contributed by atoms with Crippen LogP contribution in [0.2, 0.25) is 5.02 Å². The normalized spacial score (nSPS) is 14.0. The lowest BCUT2D eigenvalue weighted by Gasteiger charge is -2.36. The summed E-state index contributed by atoms with van der Waals surface area (Å²) in [4.78, 5) is 30.8. The van der Waals surface area contributed by atoms with Gasteiger partial charge in [-0.1, -0.05) is 35.9 Å². The van der Waals surface area contributed by atoms with Gasteiger partial charge in [0.2, 0.25) is 5.91 Å². The number of pyridine rings is 1. The monoisotopic (exact) mass is 443 g/mol. The molecule has 3 heterocycles. The molecule has 1 amide bonds. The molecule has 0 unspecified atom stereocenters. The van der Waals surface area contributed by atoms with Crippen LogP contribution >= 0.6 is 11.6 Å². The first kappa shape index (κ1) is 20.4. The number of hydrogen-bond acceptors (Lipinski definition) is 5. The third-order valence-corrected chi connectivity index (χ3v) is 5.91. The number of benzene rings is 2. The van der Waals surface area contributed by atoms with E-state index in [0.29, 0.717) is 30.4 Å². The number of amides is 1. The quantitative estimate of drug-likeness (QED) is 0.472. The van der Waals surface area contributed by atoms with Gasteiger partial charge in [-0.05, 0) is 42.0 Å². The highest BCUT2D eigenvalue weighted by atomic mass is 35.5. The van der Waals surface area contributed by atoms with Crippen LogP contribution in [-0.4, -0.2) is 51.9 Å². The van der Waals surface area contributed by atoms with Crippen molar-refractivity contribution in [2.75, 3.05) is 31.1 Å². The Labute approximate surface area is 191 Å². The Bertz CT molecular complexity index is 1260. The molecule has 1 fully saturated rings. The Morgan fingerprint density at radius 3 is 2.56 bits per heavy atom. The number of piperazine rings is 1. The van der Waals surface area contributed by atoms with Crippen LogP contribution in [0.3, 0.4) is 0 Å². The number of carbonyl (C=O) groups excluding carboxylic acids is 1. The van der Waals surface area contributed by atoms with Gasteiger partial charge in [0.05, 0.1) is 11.9 Å². The minimum atomic E-state index is 0.121. The van der Waals surface area contributed by atoms with E-state index in [1.165, 1.54) is 0 Å². The van der Waals surface area contributed by atoms with Crippen LogP contribution < -0.4 is 4.90 Å². The van der Waals surface area contributed by atoms with E-state index >= 15 is 0 Å². The van der Waals surface area contributed by atoms with E-state index in [1.54, 1.807) is 12.4 Å². The molecule has 1 aliphatic heterocycles. The molecule has 0 spiro atoms. The Balaban J connectivity index is 1.36. The first-order valence-corrected chi connectivity index (χ1v) is 11.0. The molecule has 0 atom stereocenters. The second-order valence-corrected chi connectivity index (χ2v) is 8.24. The largest absolute Gasteiger partial charge is 0.352 e. The molecule has 0 radical (unpaired) electrons. The molecule has 0 N–H and O–H groups in total. The second-order valence-electron chi connectivity index (χ2n) is 7.80. The fourth-order valence-corrected chi connectivity index (χ4v) is 4.24. The Hall–Kier alpha value is -3.51. The minimum absolute atomic E-state index is 0.121. The number of fused-ring (bicyclic) bond motifs is 1. The van der Waals surface area contributed by atoms with E-state index in [0.717, 1.165) is 40.9 Å². The zero-order chi connectivity index (χ0) is 21.9. The van der Waals surface area contributed by atoms with Crippen molar-refractivity contribution in [2.45, 2.75) is 6.42 Å².